The van der Waals surface area contributed by atoms with Crippen LogP contribution in [0.5, 0.6) is 5.75 Å². The summed E-state index contributed by atoms with van der Waals surface area (Å²) in [7, 11) is 0. The summed E-state index contributed by atoms with van der Waals surface area (Å²) >= 11 is 0. The van der Waals surface area contributed by atoms with Gasteiger partial charge in [0.1, 0.15) is 0 Å². The first-order chi connectivity index (χ1) is 7.22. The van der Waals surface area contributed by atoms with Crippen molar-refractivity contribution in [2.24, 2.45) is 0 Å². The normalized spacial score (nSPS) is 34.4. The van der Waals surface area contributed by atoms with Gasteiger partial charge in [-0.25, -0.2) is 0 Å². The fourth-order valence-electron chi connectivity index (χ4n) is 3.00. The molecule has 0 spiro atoms. The number of nitrogens with zero attached hydrogens (tertiary/aromatic N) is 1. The third-order valence-corrected chi connectivity index (χ3v) is 3.84. The molecule has 0 aliphatic carbocycles. The minimum Gasteiger partial charge on any atom is -0.405 e. The minimum atomic E-state index is 0.105. The van der Waals surface area contributed by atoms with Gasteiger partial charge in [-0.15, -0.1) is 5.06 Å². The van der Waals surface area contributed by atoms with Crippen LogP contribution in [0.4, 0.5) is 0 Å². The number of benzene rings is 1. The molecule has 0 saturated carbocycles. The predicted octanol–water partition coefficient (Wildman–Crippen LogP) is 3.08. The largest absolute Gasteiger partial charge is 0.405 e. The average molecular weight is 203 g/mol. The summed E-state index contributed by atoms with van der Waals surface area (Å²) in [4.78, 5) is 5.96. The van der Waals surface area contributed by atoms with E-state index in [-0.39, 0.29) is 5.54 Å². The summed E-state index contributed by atoms with van der Waals surface area (Å²) in [5.74, 6) is 1.05. The summed E-state index contributed by atoms with van der Waals surface area (Å²) in [6.45, 7) is 4.55. The van der Waals surface area contributed by atoms with Crippen LogP contribution in [0.25, 0.3) is 0 Å². The Morgan fingerprint density at radius 2 is 2.20 bits per heavy atom. The molecule has 1 saturated heterocycles. The zero-order valence-corrected chi connectivity index (χ0v) is 9.36. The standard InChI is InChI=1S/C13H17NO/c1-10-6-5-9-13(2)11-7-3-4-8-12(11)15-14(10)13/h3-4,7-8,10H,5-6,9H2,1-2H3. The molecule has 2 heterocycles. The zero-order chi connectivity index (χ0) is 10.5. The van der Waals surface area contributed by atoms with Gasteiger partial charge in [0.05, 0.1) is 5.54 Å². The van der Waals surface area contributed by atoms with Crippen LogP contribution >= 0.6 is 0 Å². The first-order valence-corrected chi connectivity index (χ1v) is 5.79. The van der Waals surface area contributed by atoms with E-state index in [0.717, 1.165) is 5.75 Å². The third kappa shape index (κ3) is 1.14. The molecule has 0 radical (unpaired) electrons. The van der Waals surface area contributed by atoms with Gasteiger partial charge in [0.25, 0.3) is 0 Å². The smallest absolute Gasteiger partial charge is 0.152 e. The van der Waals surface area contributed by atoms with Crippen LogP contribution < -0.4 is 4.84 Å². The summed E-state index contributed by atoms with van der Waals surface area (Å²) < 4.78 is 0. The summed E-state index contributed by atoms with van der Waals surface area (Å²) in [5.41, 5.74) is 1.46. The lowest BCUT2D eigenvalue weighted by Gasteiger charge is -2.41. The molecule has 2 nitrogen and oxygen atoms in total. The molecule has 3 rings (SSSR count). The second-order valence-corrected chi connectivity index (χ2v) is 4.93. The number of fused-ring (bicyclic) bond motifs is 3. The second kappa shape index (κ2) is 2.99. The molecule has 0 N–H and O–H groups in total. The van der Waals surface area contributed by atoms with Gasteiger partial charge in [-0.1, -0.05) is 18.2 Å². The van der Waals surface area contributed by atoms with E-state index in [4.69, 9.17) is 4.84 Å². The van der Waals surface area contributed by atoms with Crippen LogP contribution in [0.2, 0.25) is 0 Å². The van der Waals surface area contributed by atoms with Crippen molar-refractivity contribution < 1.29 is 4.84 Å². The van der Waals surface area contributed by atoms with Gasteiger partial charge >= 0.3 is 0 Å². The number of piperidine rings is 1. The van der Waals surface area contributed by atoms with Gasteiger partial charge in [0.2, 0.25) is 0 Å². The third-order valence-electron chi connectivity index (χ3n) is 3.84. The van der Waals surface area contributed by atoms with Gasteiger partial charge in [-0.05, 0) is 39.2 Å². The van der Waals surface area contributed by atoms with E-state index in [1.807, 2.05) is 6.07 Å². The average Bonchev–Trinajstić information content (AvgIpc) is 2.54. The number of para-hydroxylation sites is 1. The fourth-order valence-corrected chi connectivity index (χ4v) is 3.00. The number of hydrogen-bond acceptors (Lipinski definition) is 2. The molecule has 2 aliphatic rings. The molecule has 2 aliphatic heterocycles. The summed E-state index contributed by atoms with van der Waals surface area (Å²) in [6, 6.07) is 8.96. The number of rotatable bonds is 0. The fraction of sp³-hybridized carbons (Fsp3) is 0.538. The molecule has 80 valence electrons. The highest BCUT2D eigenvalue weighted by Crippen LogP contribution is 2.48. The van der Waals surface area contributed by atoms with Gasteiger partial charge in [0.15, 0.2) is 5.75 Å². The van der Waals surface area contributed by atoms with Gasteiger partial charge in [-0.2, -0.15) is 0 Å². The molecule has 2 unspecified atom stereocenters. The Morgan fingerprint density at radius 3 is 3.07 bits per heavy atom. The first kappa shape index (κ1) is 9.22. The van der Waals surface area contributed by atoms with E-state index in [0.29, 0.717) is 6.04 Å². The molecule has 0 bridgehead atoms. The second-order valence-electron chi connectivity index (χ2n) is 4.93. The van der Waals surface area contributed by atoms with Crippen LogP contribution in [0.1, 0.15) is 38.7 Å². The highest BCUT2D eigenvalue weighted by molar-refractivity contribution is 5.41. The molecular formula is C13H17NO. The molecule has 15 heavy (non-hydrogen) atoms. The van der Waals surface area contributed by atoms with E-state index in [2.05, 4.69) is 37.1 Å². The Kier molecular flexibility index (Phi) is 1.84. The molecule has 0 amide bonds. The Balaban J connectivity index is 2.10. The van der Waals surface area contributed by atoms with Crippen molar-refractivity contribution in [3.05, 3.63) is 29.8 Å². The van der Waals surface area contributed by atoms with Crippen molar-refractivity contribution in [2.75, 3.05) is 0 Å². The van der Waals surface area contributed by atoms with Crippen molar-refractivity contribution in [3.63, 3.8) is 0 Å². The van der Waals surface area contributed by atoms with Crippen molar-refractivity contribution in [3.8, 4) is 5.75 Å². The molecule has 2 heteroatoms. The predicted molar refractivity (Wildman–Crippen MR) is 59.6 cm³/mol. The van der Waals surface area contributed by atoms with Crippen molar-refractivity contribution in [2.45, 2.75) is 44.7 Å². The number of hydrogen-bond donors (Lipinski definition) is 0. The van der Waals surface area contributed by atoms with Gasteiger partial charge in [0, 0.05) is 11.6 Å². The highest BCUT2D eigenvalue weighted by Gasteiger charge is 2.47. The molecule has 1 fully saturated rings. The quantitative estimate of drug-likeness (QED) is 0.642. The Morgan fingerprint density at radius 1 is 1.40 bits per heavy atom. The van der Waals surface area contributed by atoms with E-state index in [1.165, 1.54) is 24.8 Å². The van der Waals surface area contributed by atoms with Crippen LogP contribution in [0.15, 0.2) is 24.3 Å². The lowest BCUT2D eigenvalue weighted by atomic mass is 9.82. The van der Waals surface area contributed by atoms with E-state index >= 15 is 0 Å². The monoisotopic (exact) mass is 203 g/mol. The van der Waals surface area contributed by atoms with Crippen molar-refractivity contribution >= 4 is 0 Å². The first-order valence-electron chi connectivity index (χ1n) is 5.79. The summed E-state index contributed by atoms with van der Waals surface area (Å²) in [5, 5.41) is 2.20. The zero-order valence-electron chi connectivity index (χ0n) is 9.36. The maximum absolute atomic E-state index is 5.96. The SMILES string of the molecule is CC1CCCC2(C)c3ccccc3ON12. The Labute approximate surface area is 90.8 Å². The lowest BCUT2D eigenvalue weighted by molar-refractivity contribution is -0.165. The number of hydroxylamine groups is 2. The molecule has 1 aromatic carbocycles. The molecular weight excluding hydrogens is 186 g/mol. The maximum Gasteiger partial charge on any atom is 0.152 e. The van der Waals surface area contributed by atoms with Crippen LogP contribution in [-0.2, 0) is 5.54 Å². The lowest BCUT2D eigenvalue weighted by Crippen LogP contribution is -2.49. The maximum atomic E-state index is 5.96. The van der Waals surface area contributed by atoms with Gasteiger partial charge in [-0.3, -0.25) is 0 Å². The highest BCUT2D eigenvalue weighted by atomic mass is 16.7. The Hall–Kier alpha value is -1.02. The van der Waals surface area contributed by atoms with E-state index in [1.54, 1.807) is 0 Å². The van der Waals surface area contributed by atoms with Crippen molar-refractivity contribution in [1.29, 1.82) is 0 Å². The van der Waals surface area contributed by atoms with Crippen LogP contribution in [0, 0.1) is 0 Å². The van der Waals surface area contributed by atoms with Crippen molar-refractivity contribution in [1.82, 2.24) is 5.06 Å². The van der Waals surface area contributed by atoms with E-state index in [9.17, 15) is 0 Å². The topological polar surface area (TPSA) is 12.5 Å². The van der Waals surface area contributed by atoms with Gasteiger partial charge < -0.3 is 4.84 Å². The molecule has 1 aromatic rings. The van der Waals surface area contributed by atoms with Crippen LogP contribution in [0.3, 0.4) is 0 Å². The Bertz CT molecular complexity index is 390. The van der Waals surface area contributed by atoms with E-state index < -0.39 is 0 Å². The van der Waals surface area contributed by atoms with Crippen LogP contribution in [-0.4, -0.2) is 11.1 Å². The minimum absolute atomic E-state index is 0.105. The molecule has 2 atom stereocenters. The summed E-state index contributed by atoms with van der Waals surface area (Å²) in [6.07, 6.45) is 3.74. The molecule has 0 aromatic heterocycles.